The molecule has 0 amide bonds. The van der Waals surface area contributed by atoms with E-state index in [0.29, 0.717) is 0 Å². The van der Waals surface area contributed by atoms with Crippen molar-refractivity contribution in [2.75, 3.05) is 4.90 Å². The standard InChI is InChI=1S/C44H29N3.C38H25N3O.C38H25N3/c1-3-11-30(12-4-1)31-19-24-42-38(29-31)35-15-7-9-17-40(35)46(42)33-20-22-34(23-21-33)47-41-18-10-8-16-36(41)44-37-27-28-45(32-13-5-2-6-14-32)39(37)25-26-43(44)47;1-2-10-26(11-3-1)39-25-24-30-31(39)22-23-35-38(30)29-12-4-5-13-32(29)40(35)27-18-20-28(21-19-27)41-33-14-6-8-16-36(33)42-37-17-9-7-15-34(37)41;1-2-10-26(11-3-1)39-25-24-32-33(39)22-23-37-38(32)31-14-6-9-17-36(31)41(37)28-20-18-27(19-21-28)40-34-15-7-4-12-29(34)30-13-5-8-16-35(30)40/h1-29H;1-25H;1-25H. The van der Waals surface area contributed by atoms with Gasteiger partial charge in [-0.3, -0.25) is 0 Å². The van der Waals surface area contributed by atoms with E-state index in [0.717, 1.165) is 62.7 Å². The molecular weight excluding hydrogens is 1580 g/mol. The third kappa shape index (κ3) is 11.7. The summed E-state index contributed by atoms with van der Waals surface area (Å²) in [6, 6.07) is 165. The van der Waals surface area contributed by atoms with Gasteiger partial charge in [0.2, 0.25) is 0 Å². The predicted molar refractivity (Wildman–Crippen MR) is 542 cm³/mol. The molecule has 0 fully saturated rings. The van der Waals surface area contributed by atoms with Crippen molar-refractivity contribution in [2.24, 2.45) is 0 Å². The zero-order valence-electron chi connectivity index (χ0n) is 70.5. The molecule has 0 radical (unpaired) electrons. The Morgan fingerprint density at radius 1 is 0.146 bits per heavy atom. The quantitative estimate of drug-likeness (QED) is 0.137. The predicted octanol–water partition coefficient (Wildman–Crippen LogP) is 31.6. The van der Waals surface area contributed by atoms with E-state index in [1.54, 1.807) is 0 Å². The number of benzene rings is 19. The van der Waals surface area contributed by atoms with Crippen molar-refractivity contribution in [1.29, 1.82) is 0 Å². The van der Waals surface area contributed by atoms with E-state index in [1.165, 1.54) is 164 Å². The lowest BCUT2D eigenvalue weighted by molar-refractivity contribution is 0.477. The van der Waals surface area contributed by atoms with E-state index in [-0.39, 0.29) is 0 Å². The molecule has 0 spiro atoms. The fourth-order valence-electron chi connectivity index (χ4n) is 20.8. The maximum atomic E-state index is 6.23. The van der Waals surface area contributed by atoms with Crippen LogP contribution < -0.4 is 9.64 Å². The van der Waals surface area contributed by atoms with E-state index >= 15 is 0 Å². The topological polar surface area (TPSA) is 51.9 Å². The lowest BCUT2D eigenvalue weighted by atomic mass is 10.0. The van der Waals surface area contributed by atoms with Gasteiger partial charge in [0, 0.05) is 140 Å². The molecule has 1 aliphatic heterocycles. The molecule has 8 aromatic heterocycles. The number of para-hydroxylation sites is 13. The summed E-state index contributed by atoms with van der Waals surface area (Å²) in [7, 11) is 0. The van der Waals surface area contributed by atoms with Gasteiger partial charge in [-0.2, -0.15) is 0 Å². The van der Waals surface area contributed by atoms with Crippen molar-refractivity contribution in [3.05, 3.63) is 480 Å². The summed E-state index contributed by atoms with van der Waals surface area (Å²) in [4.78, 5) is 2.28. The number of aromatic nitrogens is 8. The van der Waals surface area contributed by atoms with Crippen molar-refractivity contribution in [1.82, 2.24) is 36.5 Å². The molecule has 0 saturated carbocycles. The highest BCUT2D eigenvalue weighted by Crippen LogP contribution is 2.52. The van der Waals surface area contributed by atoms with Crippen LogP contribution in [0.25, 0.3) is 198 Å². The van der Waals surface area contributed by atoms with Crippen molar-refractivity contribution in [2.45, 2.75) is 0 Å². The number of rotatable bonds is 10. The van der Waals surface area contributed by atoms with E-state index < -0.39 is 0 Å². The Morgan fingerprint density at radius 3 is 0.746 bits per heavy atom. The lowest BCUT2D eigenvalue weighted by Gasteiger charge is -2.32. The number of nitrogens with zero attached hydrogens (tertiary/aromatic N) is 9. The summed E-state index contributed by atoms with van der Waals surface area (Å²) < 4.78 is 25.0. The molecule has 0 aliphatic carbocycles. The molecule has 19 aromatic carbocycles. The highest BCUT2D eigenvalue weighted by molar-refractivity contribution is 6.24. The minimum Gasteiger partial charge on any atom is -0.453 e. The van der Waals surface area contributed by atoms with Gasteiger partial charge >= 0.3 is 0 Å². The molecule has 28 rings (SSSR count). The van der Waals surface area contributed by atoms with E-state index in [4.69, 9.17) is 4.74 Å². The number of fused-ring (bicyclic) bond motifs is 23. The molecule has 0 unspecified atom stereocenters. The second-order valence-corrected chi connectivity index (χ2v) is 33.5. The van der Waals surface area contributed by atoms with Gasteiger partial charge in [-0.15, -0.1) is 0 Å². The van der Waals surface area contributed by atoms with E-state index in [2.05, 4.69) is 497 Å². The van der Waals surface area contributed by atoms with Crippen LogP contribution in [0.15, 0.2) is 480 Å². The molecule has 0 N–H and O–H groups in total. The third-order valence-electron chi connectivity index (χ3n) is 26.5. The maximum Gasteiger partial charge on any atom is 0.151 e. The van der Waals surface area contributed by atoms with Gasteiger partial charge in [0.1, 0.15) is 0 Å². The van der Waals surface area contributed by atoms with Gasteiger partial charge in [0.05, 0.1) is 83.1 Å². The second-order valence-electron chi connectivity index (χ2n) is 33.5. The molecule has 27 aromatic rings. The van der Waals surface area contributed by atoms with Crippen LogP contribution in [0.4, 0.5) is 17.1 Å². The molecule has 10 heteroatoms. The van der Waals surface area contributed by atoms with Crippen LogP contribution in [0.2, 0.25) is 0 Å². The first-order valence-corrected chi connectivity index (χ1v) is 44.4. The van der Waals surface area contributed by atoms with Crippen LogP contribution in [0.3, 0.4) is 0 Å². The minimum atomic E-state index is 0.856. The number of ether oxygens (including phenoxy) is 1. The summed E-state index contributed by atoms with van der Waals surface area (Å²) in [5.74, 6) is 1.71. The molecule has 9 heterocycles. The summed E-state index contributed by atoms with van der Waals surface area (Å²) in [5.41, 5.74) is 30.6. The van der Waals surface area contributed by atoms with Gasteiger partial charge in [0.15, 0.2) is 11.5 Å². The van der Waals surface area contributed by atoms with Gasteiger partial charge in [-0.25, -0.2) is 0 Å². The van der Waals surface area contributed by atoms with E-state index in [1.807, 2.05) is 24.3 Å². The number of anilines is 3. The van der Waals surface area contributed by atoms with Gasteiger partial charge in [-0.05, 0) is 248 Å². The van der Waals surface area contributed by atoms with Gasteiger partial charge in [-0.1, -0.05) is 224 Å². The van der Waals surface area contributed by atoms with Crippen molar-refractivity contribution < 1.29 is 4.74 Å². The Hall–Kier alpha value is -17.6. The summed E-state index contributed by atoms with van der Waals surface area (Å²) >= 11 is 0. The highest BCUT2D eigenvalue weighted by Gasteiger charge is 2.28. The smallest absolute Gasteiger partial charge is 0.151 e. The van der Waals surface area contributed by atoms with Gasteiger partial charge < -0.3 is 46.2 Å². The first-order chi connectivity index (χ1) is 64.5. The van der Waals surface area contributed by atoms with Crippen molar-refractivity contribution >= 4 is 159 Å². The summed E-state index contributed by atoms with van der Waals surface area (Å²) in [5, 5.41) is 16.5. The van der Waals surface area contributed by atoms with E-state index in [9.17, 15) is 0 Å². The van der Waals surface area contributed by atoms with Crippen LogP contribution in [-0.2, 0) is 0 Å². The maximum absolute atomic E-state index is 6.23. The Balaban J connectivity index is 0.000000103. The normalized spacial score (nSPS) is 12.0. The van der Waals surface area contributed by atoms with Crippen LogP contribution >= 0.6 is 0 Å². The fourth-order valence-corrected chi connectivity index (χ4v) is 20.8. The molecule has 610 valence electrons. The van der Waals surface area contributed by atoms with Crippen LogP contribution in [0, 0.1) is 0 Å². The molecule has 0 saturated heterocycles. The SMILES string of the molecule is c1ccc(-c2ccc3c(c2)c2ccccc2n3-c2ccc(-n3c4ccccc4c4c5ccn(-c6ccccc6)c5ccc43)cc2)cc1.c1ccc(-n2ccc3c4c5ccccc5n(-c5ccc(-n6c7ccccc7c7ccccc76)cc5)c4ccc32)cc1.c1ccc(-n2ccc3c4c5ccccc5n(-c5ccc(N6c7ccccc7Oc7ccccc76)cc5)c4ccc32)cc1. The lowest BCUT2D eigenvalue weighted by Crippen LogP contribution is -2.15. The van der Waals surface area contributed by atoms with Crippen LogP contribution in [-0.4, -0.2) is 36.5 Å². The molecule has 10 nitrogen and oxygen atoms in total. The zero-order chi connectivity index (χ0) is 85.4. The van der Waals surface area contributed by atoms with Crippen molar-refractivity contribution in [3.63, 3.8) is 0 Å². The minimum absolute atomic E-state index is 0.856. The first kappa shape index (κ1) is 73.9. The number of hydrogen-bond donors (Lipinski definition) is 0. The average molecular weight is 1660 g/mol. The summed E-state index contributed by atoms with van der Waals surface area (Å²) in [6.45, 7) is 0. The first-order valence-electron chi connectivity index (χ1n) is 44.4. The molecule has 0 bridgehead atoms. The van der Waals surface area contributed by atoms with Gasteiger partial charge in [0.25, 0.3) is 0 Å². The molecule has 130 heavy (non-hydrogen) atoms. The zero-order valence-corrected chi connectivity index (χ0v) is 70.5. The fraction of sp³-hybridized carbons (Fsp3) is 0. The Labute approximate surface area is 747 Å². The Kier molecular flexibility index (Phi) is 17.1. The highest BCUT2D eigenvalue weighted by atomic mass is 16.5. The molecule has 1 aliphatic rings. The molecular formula is C120H79N9O. The third-order valence-corrected chi connectivity index (χ3v) is 26.5. The monoisotopic (exact) mass is 1660 g/mol. The van der Waals surface area contributed by atoms with Crippen LogP contribution in [0.5, 0.6) is 11.5 Å². The average Bonchev–Trinajstić information content (AvgIpc) is 1.61. The number of hydrogen-bond acceptors (Lipinski definition) is 2. The second kappa shape index (κ2) is 30.1. The Bertz CT molecular complexity index is 9020. The largest absolute Gasteiger partial charge is 0.453 e. The van der Waals surface area contributed by atoms with Crippen LogP contribution in [0.1, 0.15) is 0 Å². The van der Waals surface area contributed by atoms with Crippen molar-refractivity contribution in [3.8, 4) is 68.1 Å². The Morgan fingerprint density at radius 2 is 0.392 bits per heavy atom. The summed E-state index contributed by atoms with van der Waals surface area (Å²) in [6.07, 6.45) is 6.55. The molecule has 0 atom stereocenters.